The van der Waals surface area contributed by atoms with E-state index in [0.717, 1.165) is 21.6 Å². The first-order valence-electron chi connectivity index (χ1n) is 6.35. The highest BCUT2D eigenvalue weighted by molar-refractivity contribution is 9.10. The van der Waals surface area contributed by atoms with Crippen LogP contribution in [0.25, 0.3) is 6.08 Å². The van der Waals surface area contributed by atoms with E-state index in [2.05, 4.69) is 26.2 Å². The van der Waals surface area contributed by atoms with Crippen molar-refractivity contribution >= 4 is 33.6 Å². The van der Waals surface area contributed by atoms with Crippen molar-refractivity contribution in [3.05, 3.63) is 58.3 Å². The lowest BCUT2D eigenvalue weighted by Gasteiger charge is -2.05. The second-order valence-electron chi connectivity index (χ2n) is 4.36. The topological polar surface area (TPSA) is 51.2 Å². The zero-order valence-electron chi connectivity index (χ0n) is 11.8. The van der Waals surface area contributed by atoms with E-state index in [4.69, 9.17) is 4.74 Å². The number of hydrogen-bond acceptors (Lipinski definition) is 3. The van der Waals surface area contributed by atoms with E-state index in [9.17, 15) is 4.79 Å². The molecule has 1 amide bonds. The summed E-state index contributed by atoms with van der Waals surface area (Å²) in [5, 5.41) is 2.80. The fraction of sp³-hybridized carbons (Fsp3) is 0.125. The minimum absolute atomic E-state index is 0.196. The lowest BCUT2D eigenvalue weighted by Crippen LogP contribution is -2.09. The van der Waals surface area contributed by atoms with Crippen LogP contribution in [0.5, 0.6) is 5.75 Å². The molecule has 0 saturated carbocycles. The molecule has 0 saturated heterocycles. The summed E-state index contributed by atoms with van der Waals surface area (Å²) in [6.45, 7) is 1.84. The lowest BCUT2D eigenvalue weighted by molar-refractivity contribution is -0.111. The van der Waals surface area contributed by atoms with Gasteiger partial charge in [-0.15, -0.1) is 0 Å². The van der Waals surface area contributed by atoms with E-state index in [1.54, 1.807) is 19.3 Å². The number of rotatable bonds is 4. The van der Waals surface area contributed by atoms with E-state index in [1.807, 2.05) is 37.3 Å². The van der Waals surface area contributed by atoms with Gasteiger partial charge in [-0.2, -0.15) is 0 Å². The van der Waals surface area contributed by atoms with Crippen molar-refractivity contribution in [2.45, 2.75) is 6.92 Å². The maximum absolute atomic E-state index is 11.9. The number of halogens is 1. The molecule has 1 aromatic heterocycles. The summed E-state index contributed by atoms with van der Waals surface area (Å²) in [6, 6.07) is 11.1. The van der Waals surface area contributed by atoms with Crippen LogP contribution in [-0.4, -0.2) is 18.0 Å². The molecule has 0 spiro atoms. The van der Waals surface area contributed by atoms with E-state index >= 15 is 0 Å². The second kappa shape index (κ2) is 7.04. The number of hydrogen-bond donors (Lipinski definition) is 1. The van der Waals surface area contributed by atoms with Gasteiger partial charge >= 0.3 is 0 Å². The Morgan fingerprint density at radius 2 is 1.95 bits per heavy atom. The number of benzene rings is 1. The van der Waals surface area contributed by atoms with Crippen LogP contribution in [0, 0.1) is 6.92 Å². The van der Waals surface area contributed by atoms with Crippen LogP contribution in [-0.2, 0) is 4.79 Å². The molecule has 0 aliphatic carbocycles. The van der Waals surface area contributed by atoms with Crippen molar-refractivity contribution in [3.63, 3.8) is 0 Å². The van der Waals surface area contributed by atoms with E-state index in [1.165, 1.54) is 6.08 Å². The van der Waals surface area contributed by atoms with Gasteiger partial charge in [-0.1, -0.05) is 12.1 Å². The van der Waals surface area contributed by atoms with Crippen LogP contribution >= 0.6 is 15.9 Å². The molecule has 1 heterocycles. The molecule has 5 heteroatoms. The minimum Gasteiger partial charge on any atom is -0.497 e. The number of ether oxygens (including phenoxy) is 1. The molecule has 0 bridgehead atoms. The predicted octanol–water partition coefficient (Wildman–Crippen LogP) is 3.81. The Bertz CT molecular complexity index is 666. The molecule has 2 rings (SSSR count). The summed E-state index contributed by atoms with van der Waals surface area (Å²) in [5.41, 5.74) is 2.38. The molecular formula is C16H15BrN2O2. The molecule has 0 fully saturated rings. The molecule has 108 valence electrons. The predicted molar refractivity (Wildman–Crippen MR) is 87.3 cm³/mol. The Morgan fingerprint density at radius 1 is 1.24 bits per heavy atom. The number of aromatic nitrogens is 1. The highest BCUT2D eigenvalue weighted by Crippen LogP contribution is 2.16. The largest absolute Gasteiger partial charge is 0.497 e. The fourth-order valence-corrected chi connectivity index (χ4v) is 2.12. The summed E-state index contributed by atoms with van der Waals surface area (Å²) in [6.07, 6.45) is 3.24. The maximum atomic E-state index is 11.9. The zero-order valence-corrected chi connectivity index (χ0v) is 13.3. The molecule has 0 unspecified atom stereocenters. The number of anilines is 1. The molecular weight excluding hydrogens is 332 g/mol. The zero-order chi connectivity index (χ0) is 15.2. The lowest BCUT2D eigenvalue weighted by atomic mass is 10.2. The summed E-state index contributed by atoms with van der Waals surface area (Å²) in [4.78, 5) is 16.1. The average Bonchev–Trinajstić information content (AvgIpc) is 2.48. The van der Waals surface area contributed by atoms with Crippen molar-refractivity contribution in [2.75, 3.05) is 12.4 Å². The van der Waals surface area contributed by atoms with Crippen molar-refractivity contribution in [1.29, 1.82) is 0 Å². The number of aryl methyl sites for hydroxylation is 1. The van der Waals surface area contributed by atoms with Gasteiger partial charge in [0, 0.05) is 6.08 Å². The van der Waals surface area contributed by atoms with Crippen molar-refractivity contribution in [2.24, 2.45) is 0 Å². The van der Waals surface area contributed by atoms with Crippen LogP contribution < -0.4 is 10.1 Å². The number of nitrogens with one attached hydrogen (secondary N) is 1. The number of pyridine rings is 1. The Labute approximate surface area is 132 Å². The Balaban J connectivity index is 2.01. The highest BCUT2D eigenvalue weighted by Gasteiger charge is 2.03. The van der Waals surface area contributed by atoms with Gasteiger partial charge in [0.05, 0.1) is 18.5 Å². The van der Waals surface area contributed by atoms with Crippen molar-refractivity contribution in [3.8, 4) is 5.75 Å². The molecule has 0 atom stereocenters. The SMILES string of the molecule is COc1ccc(/C=C/C(=O)Nc2ccc(Br)nc2C)cc1. The van der Waals surface area contributed by atoms with Gasteiger partial charge < -0.3 is 10.1 Å². The van der Waals surface area contributed by atoms with Gasteiger partial charge in [-0.25, -0.2) is 4.98 Å². The van der Waals surface area contributed by atoms with Crippen LogP contribution in [0.2, 0.25) is 0 Å². The minimum atomic E-state index is -0.196. The van der Waals surface area contributed by atoms with Crippen LogP contribution in [0.3, 0.4) is 0 Å². The first kappa shape index (κ1) is 15.3. The van der Waals surface area contributed by atoms with Crippen LogP contribution in [0.4, 0.5) is 5.69 Å². The quantitative estimate of drug-likeness (QED) is 0.676. The number of carbonyl (C=O) groups is 1. The Kier molecular flexibility index (Phi) is 5.11. The number of nitrogens with zero attached hydrogens (tertiary/aromatic N) is 1. The van der Waals surface area contributed by atoms with E-state index in [0.29, 0.717) is 5.69 Å². The summed E-state index contributed by atoms with van der Waals surface area (Å²) >= 11 is 3.29. The Hall–Kier alpha value is -2.14. The molecule has 0 aliphatic heterocycles. The van der Waals surface area contributed by atoms with Gasteiger partial charge in [-0.05, 0) is 58.8 Å². The monoisotopic (exact) mass is 346 g/mol. The van der Waals surface area contributed by atoms with Gasteiger partial charge in [-0.3, -0.25) is 4.79 Å². The molecule has 4 nitrogen and oxygen atoms in total. The third-order valence-electron chi connectivity index (χ3n) is 2.85. The van der Waals surface area contributed by atoms with Crippen LogP contribution in [0.15, 0.2) is 47.1 Å². The van der Waals surface area contributed by atoms with Gasteiger partial charge in [0.25, 0.3) is 0 Å². The normalized spacial score (nSPS) is 10.6. The standard InChI is InChI=1S/C16H15BrN2O2/c1-11-14(8-9-15(17)18-11)19-16(20)10-5-12-3-6-13(21-2)7-4-12/h3-10H,1-2H3,(H,19,20)/b10-5+. The molecule has 1 N–H and O–H groups in total. The Morgan fingerprint density at radius 3 is 2.57 bits per heavy atom. The summed E-state index contributed by atoms with van der Waals surface area (Å²) in [5.74, 6) is 0.589. The fourth-order valence-electron chi connectivity index (χ4n) is 1.72. The first-order chi connectivity index (χ1) is 10.1. The summed E-state index contributed by atoms with van der Waals surface area (Å²) < 4.78 is 5.82. The van der Waals surface area contributed by atoms with E-state index < -0.39 is 0 Å². The maximum Gasteiger partial charge on any atom is 0.248 e. The average molecular weight is 347 g/mol. The molecule has 2 aromatic rings. The molecule has 1 aromatic carbocycles. The van der Waals surface area contributed by atoms with E-state index in [-0.39, 0.29) is 5.91 Å². The molecule has 0 aliphatic rings. The third kappa shape index (κ3) is 4.43. The third-order valence-corrected chi connectivity index (χ3v) is 3.29. The van der Waals surface area contributed by atoms with Crippen molar-refractivity contribution in [1.82, 2.24) is 4.98 Å². The van der Waals surface area contributed by atoms with Gasteiger partial charge in [0.1, 0.15) is 10.4 Å². The first-order valence-corrected chi connectivity index (χ1v) is 7.14. The highest BCUT2D eigenvalue weighted by atomic mass is 79.9. The van der Waals surface area contributed by atoms with Crippen molar-refractivity contribution < 1.29 is 9.53 Å². The number of carbonyl (C=O) groups excluding carboxylic acids is 1. The number of methoxy groups -OCH3 is 1. The molecule has 0 radical (unpaired) electrons. The van der Waals surface area contributed by atoms with Gasteiger partial charge in [0.15, 0.2) is 0 Å². The second-order valence-corrected chi connectivity index (χ2v) is 5.18. The smallest absolute Gasteiger partial charge is 0.248 e. The molecule has 21 heavy (non-hydrogen) atoms. The summed E-state index contributed by atoms with van der Waals surface area (Å²) in [7, 11) is 1.62. The number of amides is 1. The van der Waals surface area contributed by atoms with Gasteiger partial charge in [0.2, 0.25) is 5.91 Å². The van der Waals surface area contributed by atoms with Crippen LogP contribution in [0.1, 0.15) is 11.3 Å².